The summed E-state index contributed by atoms with van der Waals surface area (Å²) in [6.45, 7) is 7.10. The first-order valence-corrected chi connectivity index (χ1v) is 2.44. The second-order valence-corrected chi connectivity index (χ2v) is 1.64. The van der Waals surface area contributed by atoms with Crippen LogP contribution in [0.4, 0.5) is 0 Å². The molecule has 0 saturated heterocycles. The van der Waals surface area contributed by atoms with Crippen LogP contribution in [-0.4, -0.2) is 10.9 Å². The average molecular weight is 130 g/mol. The molecule has 0 aromatic rings. The second kappa shape index (κ2) is 4.05. The van der Waals surface area contributed by atoms with Crippen molar-refractivity contribution in [2.45, 2.75) is 13.8 Å². The predicted octanol–water partition coefficient (Wildman–Crippen LogP) is 0.849. The monoisotopic (exact) mass is 130 g/mol. The van der Waals surface area contributed by atoms with Gasteiger partial charge in [-0.3, -0.25) is 10.1 Å². The molecule has 0 spiro atoms. The van der Waals surface area contributed by atoms with Crippen LogP contribution in [0, 0.1) is 0 Å². The second-order valence-electron chi connectivity index (χ2n) is 1.64. The van der Waals surface area contributed by atoms with E-state index in [1.54, 1.807) is 13.8 Å². The van der Waals surface area contributed by atoms with E-state index in [0.717, 1.165) is 5.57 Å². The van der Waals surface area contributed by atoms with Crippen LogP contribution in [0.2, 0.25) is 0 Å². The Morgan fingerprint density at radius 1 is 1.67 bits per heavy atom. The van der Waals surface area contributed by atoms with Gasteiger partial charge >= 0.3 is 0 Å². The highest BCUT2D eigenvalue weighted by Crippen LogP contribution is 1.90. The van der Waals surface area contributed by atoms with Crippen LogP contribution in [-0.2, 0) is 4.94 Å². The Hall–Kier alpha value is -0.870. The molecule has 4 nitrogen and oxygen atoms in total. The standard InChI is InChI=1S/C5H10N2O2/c1-4(2)5(3)6-9-7-8/h7-8H,1H2,2-3H3/b6-5-. The third-order valence-corrected chi connectivity index (χ3v) is 0.841. The number of allylic oxidation sites excluding steroid dienone is 1. The molecule has 0 unspecified atom stereocenters. The first kappa shape index (κ1) is 8.13. The number of hydrogen-bond donors (Lipinski definition) is 2. The van der Waals surface area contributed by atoms with Crippen LogP contribution in [0.3, 0.4) is 0 Å². The lowest BCUT2D eigenvalue weighted by atomic mass is 10.2. The van der Waals surface area contributed by atoms with Gasteiger partial charge in [0, 0.05) is 0 Å². The Morgan fingerprint density at radius 3 is 2.56 bits per heavy atom. The summed E-state index contributed by atoms with van der Waals surface area (Å²) in [6.07, 6.45) is 0. The maximum Gasteiger partial charge on any atom is 0.0815 e. The summed E-state index contributed by atoms with van der Waals surface area (Å²) in [7, 11) is 0. The lowest BCUT2D eigenvalue weighted by molar-refractivity contribution is -0.126. The van der Waals surface area contributed by atoms with Crippen LogP contribution < -0.4 is 5.64 Å². The van der Waals surface area contributed by atoms with Gasteiger partial charge in [0.15, 0.2) is 0 Å². The molecule has 0 rings (SSSR count). The smallest absolute Gasteiger partial charge is 0.0815 e. The number of nitrogens with zero attached hydrogens (tertiary/aromatic N) is 1. The predicted molar refractivity (Wildman–Crippen MR) is 33.9 cm³/mol. The van der Waals surface area contributed by atoms with Gasteiger partial charge in [-0.1, -0.05) is 11.7 Å². The zero-order chi connectivity index (χ0) is 7.28. The van der Waals surface area contributed by atoms with Crippen molar-refractivity contribution in [1.82, 2.24) is 5.64 Å². The van der Waals surface area contributed by atoms with Gasteiger partial charge in [0.2, 0.25) is 0 Å². The van der Waals surface area contributed by atoms with Crippen molar-refractivity contribution in [3.05, 3.63) is 12.2 Å². The molecule has 0 aliphatic heterocycles. The highest BCUT2D eigenvalue weighted by molar-refractivity contribution is 5.96. The van der Waals surface area contributed by atoms with Gasteiger partial charge in [0.25, 0.3) is 0 Å². The minimum atomic E-state index is 0.636. The first-order chi connectivity index (χ1) is 4.18. The van der Waals surface area contributed by atoms with E-state index in [0.29, 0.717) is 5.71 Å². The van der Waals surface area contributed by atoms with Crippen molar-refractivity contribution in [2.75, 3.05) is 0 Å². The molecule has 0 saturated carbocycles. The van der Waals surface area contributed by atoms with E-state index in [1.165, 1.54) is 5.64 Å². The Kier molecular flexibility index (Phi) is 3.66. The van der Waals surface area contributed by atoms with E-state index in [4.69, 9.17) is 5.21 Å². The normalized spacial score (nSPS) is 11.2. The number of oxime groups is 1. The molecule has 0 aromatic carbocycles. The van der Waals surface area contributed by atoms with E-state index < -0.39 is 0 Å². The Labute approximate surface area is 53.7 Å². The summed E-state index contributed by atoms with van der Waals surface area (Å²) in [4.78, 5) is 4.09. The zero-order valence-corrected chi connectivity index (χ0v) is 5.51. The lowest BCUT2D eigenvalue weighted by Gasteiger charge is -1.95. The molecule has 0 heterocycles. The van der Waals surface area contributed by atoms with E-state index in [-0.39, 0.29) is 0 Å². The van der Waals surface area contributed by atoms with Crippen molar-refractivity contribution in [2.24, 2.45) is 5.16 Å². The van der Waals surface area contributed by atoms with Gasteiger partial charge in [-0.15, -0.1) is 0 Å². The highest BCUT2D eigenvalue weighted by atomic mass is 16.9. The molecule has 9 heavy (non-hydrogen) atoms. The zero-order valence-electron chi connectivity index (χ0n) is 5.51. The fourth-order valence-corrected chi connectivity index (χ4v) is 0.167. The average Bonchev–Trinajstić information content (AvgIpc) is 1.82. The maximum absolute atomic E-state index is 7.89. The minimum absolute atomic E-state index is 0.636. The van der Waals surface area contributed by atoms with Crippen LogP contribution in [0.15, 0.2) is 17.3 Å². The third-order valence-electron chi connectivity index (χ3n) is 0.841. The summed E-state index contributed by atoms with van der Waals surface area (Å²) in [6, 6.07) is 0. The molecule has 52 valence electrons. The number of nitrogens with one attached hydrogen (secondary N) is 1. The SMILES string of the molecule is C=C(C)/C(C)=N\ONO. The molecular formula is C5H10N2O2. The van der Waals surface area contributed by atoms with Crippen molar-refractivity contribution < 1.29 is 10.1 Å². The topological polar surface area (TPSA) is 53.8 Å². The molecule has 0 aliphatic rings. The van der Waals surface area contributed by atoms with Crippen LogP contribution in [0.1, 0.15) is 13.8 Å². The Balaban J connectivity index is 3.69. The molecule has 0 aromatic heterocycles. The summed E-state index contributed by atoms with van der Waals surface area (Å²) < 4.78 is 0. The Morgan fingerprint density at radius 2 is 2.22 bits per heavy atom. The summed E-state index contributed by atoms with van der Waals surface area (Å²) in [5.41, 5.74) is 2.86. The van der Waals surface area contributed by atoms with Gasteiger partial charge in [-0.2, -0.15) is 0 Å². The van der Waals surface area contributed by atoms with Crippen molar-refractivity contribution in [1.29, 1.82) is 0 Å². The molecule has 0 atom stereocenters. The van der Waals surface area contributed by atoms with Gasteiger partial charge in [0.1, 0.15) is 0 Å². The third kappa shape index (κ3) is 3.69. The lowest BCUT2D eigenvalue weighted by Crippen LogP contribution is -2.05. The van der Waals surface area contributed by atoms with Gasteiger partial charge in [-0.05, 0) is 25.1 Å². The van der Waals surface area contributed by atoms with Crippen LogP contribution in [0.25, 0.3) is 0 Å². The fraction of sp³-hybridized carbons (Fsp3) is 0.400. The molecule has 2 N–H and O–H groups in total. The molecule has 0 amide bonds. The molecule has 0 bridgehead atoms. The summed E-state index contributed by atoms with van der Waals surface area (Å²) >= 11 is 0. The molecule has 0 fully saturated rings. The number of rotatable bonds is 3. The molecule has 0 aliphatic carbocycles. The van der Waals surface area contributed by atoms with E-state index >= 15 is 0 Å². The molecule has 0 radical (unpaired) electrons. The summed E-state index contributed by atoms with van der Waals surface area (Å²) in [5.74, 6) is 0. The van der Waals surface area contributed by atoms with E-state index in [9.17, 15) is 0 Å². The Bertz CT molecular complexity index is 131. The van der Waals surface area contributed by atoms with Crippen LogP contribution >= 0.6 is 0 Å². The van der Waals surface area contributed by atoms with E-state index in [1.807, 2.05) is 0 Å². The maximum atomic E-state index is 7.89. The van der Waals surface area contributed by atoms with Gasteiger partial charge in [-0.25, -0.2) is 0 Å². The van der Waals surface area contributed by atoms with Crippen molar-refractivity contribution >= 4 is 5.71 Å². The van der Waals surface area contributed by atoms with E-state index in [2.05, 4.69) is 16.7 Å². The number of hydrogen-bond acceptors (Lipinski definition) is 4. The summed E-state index contributed by atoms with van der Waals surface area (Å²) in [5, 5.41) is 11.3. The largest absolute Gasteiger partial charge is 0.281 e. The van der Waals surface area contributed by atoms with Gasteiger partial charge in [0.05, 0.1) is 5.71 Å². The fourth-order valence-electron chi connectivity index (χ4n) is 0.167. The first-order valence-electron chi connectivity index (χ1n) is 2.44. The quantitative estimate of drug-likeness (QED) is 0.440. The highest BCUT2D eigenvalue weighted by Gasteiger charge is 1.89. The van der Waals surface area contributed by atoms with Crippen molar-refractivity contribution in [3.8, 4) is 0 Å². The minimum Gasteiger partial charge on any atom is -0.281 e. The molecular weight excluding hydrogens is 120 g/mol. The molecule has 4 heteroatoms. The van der Waals surface area contributed by atoms with Crippen LogP contribution in [0.5, 0.6) is 0 Å². The van der Waals surface area contributed by atoms with Gasteiger partial charge < -0.3 is 0 Å². The van der Waals surface area contributed by atoms with Crippen molar-refractivity contribution in [3.63, 3.8) is 0 Å².